The number of aromatic hydroxyl groups is 1. The second-order valence-corrected chi connectivity index (χ2v) is 2.95. The van der Waals surface area contributed by atoms with Crippen LogP contribution in [-0.2, 0) is 4.74 Å². The highest BCUT2D eigenvalue weighted by Gasteiger charge is 2.08. The van der Waals surface area contributed by atoms with Gasteiger partial charge in [-0.1, -0.05) is 12.1 Å². The number of carbonyl (C=O) groups is 1. The monoisotopic (exact) mass is 195 g/mol. The summed E-state index contributed by atoms with van der Waals surface area (Å²) in [4.78, 5) is 10.9. The van der Waals surface area contributed by atoms with Crippen molar-refractivity contribution in [3.05, 3.63) is 29.8 Å². The number of alkyl carbamates (subject to hydrolysis) is 1. The minimum atomic E-state index is -0.467. The zero-order chi connectivity index (χ0) is 10.6. The standard InChI is InChI=1S/C10H13NO3/c1-7(11-10(13)14-2)8-3-5-9(12)6-4-8/h3-7,12H,1-2H3,(H,11,13)/t7-/m0/s1. The van der Waals surface area contributed by atoms with Gasteiger partial charge in [0.25, 0.3) is 0 Å². The maximum atomic E-state index is 10.9. The molecule has 0 fully saturated rings. The summed E-state index contributed by atoms with van der Waals surface area (Å²) in [6, 6.07) is 6.50. The predicted octanol–water partition coefficient (Wildman–Crippen LogP) is 1.81. The number of nitrogens with one attached hydrogen (secondary N) is 1. The molecule has 1 amide bonds. The fourth-order valence-corrected chi connectivity index (χ4v) is 1.08. The molecular weight excluding hydrogens is 182 g/mol. The van der Waals surface area contributed by atoms with Gasteiger partial charge in [-0.3, -0.25) is 0 Å². The van der Waals surface area contributed by atoms with E-state index in [4.69, 9.17) is 5.11 Å². The molecule has 0 heterocycles. The van der Waals surface area contributed by atoms with E-state index < -0.39 is 6.09 Å². The zero-order valence-corrected chi connectivity index (χ0v) is 8.15. The predicted molar refractivity (Wildman–Crippen MR) is 52.1 cm³/mol. The Bertz CT molecular complexity index is 308. The molecule has 14 heavy (non-hydrogen) atoms. The topological polar surface area (TPSA) is 58.6 Å². The summed E-state index contributed by atoms with van der Waals surface area (Å²) in [7, 11) is 1.32. The molecule has 1 rings (SSSR count). The van der Waals surface area contributed by atoms with E-state index in [9.17, 15) is 4.79 Å². The number of methoxy groups -OCH3 is 1. The molecule has 0 aromatic heterocycles. The summed E-state index contributed by atoms with van der Waals surface area (Å²) in [5.74, 6) is 0.207. The Morgan fingerprint density at radius 3 is 2.50 bits per heavy atom. The Morgan fingerprint density at radius 1 is 1.43 bits per heavy atom. The molecule has 4 nitrogen and oxygen atoms in total. The van der Waals surface area contributed by atoms with E-state index in [1.807, 2.05) is 6.92 Å². The van der Waals surface area contributed by atoms with Gasteiger partial charge in [-0.05, 0) is 24.6 Å². The lowest BCUT2D eigenvalue weighted by Crippen LogP contribution is -2.26. The second kappa shape index (κ2) is 4.50. The summed E-state index contributed by atoms with van der Waals surface area (Å²) in [5.41, 5.74) is 0.910. The SMILES string of the molecule is COC(=O)N[C@@H](C)c1ccc(O)cc1. The van der Waals surface area contributed by atoms with Gasteiger partial charge in [-0.15, -0.1) is 0 Å². The number of amides is 1. The van der Waals surface area contributed by atoms with E-state index in [1.165, 1.54) is 7.11 Å². The number of rotatable bonds is 2. The van der Waals surface area contributed by atoms with Gasteiger partial charge in [0, 0.05) is 0 Å². The number of hydrogen-bond donors (Lipinski definition) is 2. The first-order chi connectivity index (χ1) is 6.63. The zero-order valence-electron chi connectivity index (χ0n) is 8.15. The molecule has 0 aliphatic rings. The van der Waals surface area contributed by atoms with Crippen molar-refractivity contribution < 1.29 is 14.6 Å². The first-order valence-electron chi connectivity index (χ1n) is 4.27. The number of phenolic OH excluding ortho intramolecular Hbond substituents is 1. The van der Waals surface area contributed by atoms with E-state index in [1.54, 1.807) is 24.3 Å². The highest BCUT2D eigenvalue weighted by molar-refractivity contribution is 5.67. The highest BCUT2D eigenvalue weighted by atomic mass is 16.5. The maximum absolute atomic E-state index is 10.9. The number of carbonyl (C=O) groups excluding carboxylic acids is 1. The summed E-state index contributed by atoms with van der Waals surface area (Å²) < 4.78 is 4.47. The Balaban J connectivity index is 2.65. The van der Waals surface area contributed by atoms with Crippen LogP contribution in [0.1, 0.15) is 18.5 Å². The Kier molecular flexibility index (Phi) is 3.34. The van der Waals surface area contributed by atoms with Crippen molar-refractivity contribution in [2.75, 3.05) is 7.11 Å². The third kappa shape index (κ3) is 2.65. The van der Waals surface area contributed by atoms with Crippen molar-refractivity contribution >= 4 is 6.09 Å². The van der Waals surface area contributed by atoms with E-state index in [-0.39, 0.29) is 11.8 Å². The van der Waals surface area contributed by atoms with Gasteiger partial charge in [-0.2, -0.15) is 0 Å². The molecule has 4 heteroatoms. The van der Waals surface area contributed by atoms with Crippen LogP contribution in [0.3, 0.4) is 0 Å². The molecule has 0 radical (unpaired) electrons. The van der Waals surface area contributed by atoms with Gasteiger partial charge >= 0.3 is 6.09 Å². The molecule has 1 atom stereocenters. The number of phenols is 1. The van der Waals surface area contributed by atoms with Crippen LogP contribution >= 0.6 is 0 Å². The summed E-state index contributed by atoms with van der Waals surface area (Å²) >= 11 is 0. The molecule has 1 aromatic carbocycles. The molecule has 2 N–H and O–H groups in total. The third-order valence-electron chi connectivity index (χ3n) is 1.91. The molecule has 1 aromatic rings. The van der Waals surface area contributed by atoms with Gasteiger partial charge in [0.05, 0.1) is 13.2 Å². The van der Waals surface area contributed by atoms with Crippen LogP contribution in [0.5, 0.6) is 5.75 Å². The largest absolute Gasteiger partial charge is 0.508 e. The number of hydrogen-bond acceptors (Lipinski definition) is 3. The van der Waals surface area contributed by atoms with Crippen molar-refractivity contribution in [1.82, 2.24) is 5.32 Å². The molecule has 0 aliphatic carbocycles. The molecule has 0 bridgehead atoms. The second-order valence-electron chi connectivity index (χ2n) is 2.95. The normalized spacial score (nSPS) is 11.9. The molecule has 0 aliphatic heterocycles. The van der Waals surface area contributed by atoms with Gasteiger partial charge in [-0.25, -0.2) is 4.79 Å². The molecule has 0 saturated heterocycles. The van der Waals surface area contributed by atoms with Gasteiger partial charge < -0.3 is 15.2 Å². The average Bonchev–Trinajstić information content (AvgIpc) is 2.18. The van der Waals surface area contributed by atoms with Crippen molar-refractivity contribution in [3.8, 4) is 5.75 Å². The minimum absolute atomic E-state index is 0.136. The summed E-state index contributed by atoms with van der Waals surface area (Å²) in [6.45, 7) is 1.84. The maximum Gasteiger partial charge on any atom is 0.407 e. The Labute approximate surface area is 82.5 Å². The molecular formula is C10H13NO3. The Morgan fingerprint density at radius 2 is 2.00 bits per heavy atom. The van der Waals surface area contributed by atoms with Crippen molar-refractivity contribution in [3.63, 3.8) is 0 Å². The molecule has 0 spiro atoms. The quantitative estimate of drug-likeness (QED) is 0.756. The smallest absolute Gasteiger partial charge is 0.407 e. The number of ether oxygens (including phenoxy) is 1. The first kappa shape index (κ1) is 10.4. The van der Waals surface area contributed by atoms with E-state index in [0.29, 0.717) is 0 Å². The highest BCUT2D eigenvalue weighted by Crippen LogP contribution is 2.16. The first-order valence-corrected chi connectivity index (χ1v) is 4.27. The third-order valence-corrected chi connectivity index (χ3v) is 1.91. The van der Waals surface area contributed by atoms with Crippen molar-refractivity contribution in [1.29, 1.82) is 0 Å². The van der Waals surface area contributed by atoms with Crippen LogP contribution in [0, 0.1) is 0 Å². The van der Waals surface area contributed by atoms with E-state index in [2.05, 4.69) is 10.1 Å². The van der Waals surface area contributed by atoms with Crippen LogP contribution in [0.25, 0.3) is 0 Å². The van der Waals surface area contributed by atoms with E-state index >= 15 is 0 Å². The summed E-state index contributed by atoms with van der Waals surface area (Å²) in [5, 5.41) is 11.7. The molecule has 76 valence electrons. The Hall–Kier alpha value is -1.71. The van der Waals surface area contributed by atoms with Crippen molar-refractivity contribution in [2.24, 2.45) is 0 Å². The van der Waals surface area contributed by atoms with Crippen LogP contribution in [0.2, 0.25) is 0 Å². The minimum Gasteiger partial charge on any atom is -0.508 e. The van der Waals surface area contributed by atoms with Crippen LogP contribution < -0.4 is 5.32 Å². The van der Waals surface area contributed by atoms with Gasteiger partial charge in [0.15, 0.2) is 0 Å². The molecule has 0 unspecified atom stereocenters. The van der Waals surface area contributed by atoms with Gasteiger partial charge in [0.1, 0.15) is 5.75 Å². The number of benzene rings is 1. The van der Waals surface area contributed by atoms with E-state index in [0.717, 1.165) is 5.56 Å². The fourth-order valence-electron chi connectivity index (χ4n) is 1.08. The van der Waals surface area contributed by atoms with Crippen molar-refractivity contribution in [2.45, 2.75) is 13.0 Å². The lowest BCUT2D eigenvalue weighted by molar-refractivity contribution is 0.167. The summed E-state index contributed by atoms with van der Waals surface area (Å²) in [6.07, 6.45) is -0.467. The van der Waals surface area contributed by atoms with Gasteiger partial charge in [0.2, 0.25) is 0 Å². The van der Waals surface area contributed by atoms with Crippen LogP contribution in [0.15, 0.2) is 24.3 Å². The lowest BCUT2D eigenvalue weighted by atomic mass is 10.1. The van der Waals surface area contributed by atoms with Crippen LogP contribution in [0.4, 0.5) is 4.79 Å². The average molecular weight is 195 g/mol. The van der Waals surface area contributed by atoms with Crippen LogP contribution in [-0.4, -0.2) is 18.3 Å². The molecule has 0 saturated carbocycles. The lowest BCUT2D eigenvalue weighted by Gasteiger charge is -2.12. The fraction of sp³-hybridized carbons (Fsp3) is 0.300.